The number of aryl methyl sites for hydroxylation is 1. The minimum Gasteiger partial charge on any atom is -0.465 e. The van der Waals surface area contributed by atoms with E-state index in [0.29, 0.717) is 5.75 Å². The molecule has 0 atom stereocenters. The average molecular weight is 409 g/mol. The van der Waals surface area contributed by atoms with Gasteiger partial charge in [-0.05, 0) is 31.2 Å². The smallest absolute Gasteiger partial charge is 0.253 e. The largest absolute Gasteiger partial charge is 0.465 e. The summed E-state index contributed by atoms with van der Waals surface area (Å²) in [6.45, 7) is 3.28. The molecule has 3 rings (SSSR count). The van der Waals surface area contributed by atoms with Gasteiger partial charge in [-0.15, -0.1) is 0 Å². The Morgan fingerprint density at radius 1 is 1.10 bits per heavy atom. The molecule has 0 saturated carbocycles. The summed E-state index contributed by atoms with van der Waals surface area (Å²) in [5.41, 5.74) is 6.39. The number of ether oxygens (including phenoxy) is 1. The van der Waals surface area contributed by atoms with Crippen LogP contribution in [0.3, 0.4) is 0 Å². The first-order valence-corrected chi connectivity index (χ1v) is 9.01. The number of amidine groups is 2. The van der Waals surface area contributed by atoms with E-state index in [9.17, 15) is 14.0 Å². The number of halogens is 1. The Labute approximate surface area is 172 Å². The van der Waals surface area contributed by atoms with Crippen molar-refractivity contribution in [3.63, 3.8) is 0 Å². The van der Waals surface area contributed by atoms with E-state index in [1.165, 1.54) is 43.3 Å². The van der Waals surface area contributed by atoms with Gasteiger partial charge in [-0.3, -0.25) is 20.4 Å². The van der Waals surface area contributed by atoms with Gasteiger partial charge in [-0.25, -0.2) is 4.39 Å². The van der Waals surface area contributed by atoms with Crippen molar-refractivity contribution in [3.8, 4) is 5.75 Å². The normalized spacial score (nSPS) is 13.1. The average Bonchev–Trinajstić information content (AvgIpc) is 2.74. The highest BCUT2D eigenvalue weighted by atomic mass is 19.1. The second-order valence-electron chi connectivity index (χ2n) is 6.47. The van der Waals surface area contributed by atoms with E-state index in [0.717, 1.165) is 5.56 Å². The summed E-state index contributed by atoms with van der Waals surface area (Å²) in [4.78, 5) is 25.2. The minimum absolute atomic E-state index is 0.00254. The van der Waals surface area contributed by atoms with Gasteiger partial charge in [0.2, 0.25) is 5.84 Å². The van der Waals surface area contributed by atoms with Crippen molar-refractivity contribution >= 4 is 29.0 Å². The zero-order valence-electron chi connectivity index (χ0n) is 16.6. The van der Waals surface area contributed by atoms with Crippen LogP contribution in [0.25, 0.3) is 0 Å². The molecule has 0 bridgehead atoms. The molecule has 0 spiro atoms. The Morgan fingerprint density at radius 2 is 1.83 bits per heavy atom. The predicted molar refractivity (Wildman–Crippen MR) is 112 cm³/mol. The lowest BCUT2D eigenvalue weighted by Crippen LogP contribution is -2.38. The molecule has 0 fully saturated rings. The van der Waals surface area contributed by atoms with Gasteiger partial charge >= 0.3 is 0 Å². The number of hydrogen-bond donors (Lipinski definition) is 2. The molecule has 9 heteroatoms. The number of hydrazone groups is 2. The molecule has 2 aromatic carbocycles. The molecule has 0 unspecified atom stereocenters. The van der Waals surface area contributed by atoms with Gasteiger partial charge in [0.25, 0.3) is 5.91 Å². The number of rotatable bonds is 6. The number of Topliss-reactive ketones (excluding diaryl/α,β-unsaturated/α-hetero) is 1. The Hall–Kier alpha value is -4.01. The highest BCUT2D eigenvalue weighted by Crippen LogP contribution is 2.23. The second kappa shape index (κ2) is 8.99. The van der Waals surface area contributed by atoms with Crippen molar-refractivity contribution in [2.24, 2.45) is 10.2 Å². The van der Waals surface area contributed by atoms with Gasteiger partial charge in [-0.1, -0.05) is 23.8 Å². The van der Waals surface area contributed by atoms with Gasteiger partial charge in [0.15, 0.2) is 11.6 Å². The van der Waals surface area contributed by atoms with Crippen molar-refractivity contribution in [2.75, 3.05) is 11.9 Å². The number of nitrogens with one attached hydrogen (secondary N) is 2. The molecule has 0 saturated heterocycles. The van der Waals surface area contributed by atoms with E-state index >= 15 is 0 Å². The Morgan fingerprint density at radius 3 is 2.47 bits per heavy atom. The van der Waals surface area contributed by atoms with Gasteiger partial charge in [-0.2, -0.15) is 10.2 Å². The first kappa shape index (κ1) is 20.7. The fraction of sp³-hybridized carbons (Fsp3) is 0.143. The van der Waals surface area contributed by atoms with E-state index in [-0.39, 0.29) is 28.7 Å². The lowest BCUT2D eigenvalue weighted by molar-refractivity contribution is -0.114. The number of amides is 1. The number of nitrogens with zero attached hydrogens (tertiary/aromatic N) is 3. The fourth-order valence-electron chi connectivity index (χ4n) is 2.58. The molecular weight excluding hydrogens is 389 g/mol. The maximum atomic E-state index is 14.6. The van der Waals surface area contributed by atoms with Crippen molar-refractivity contribution in [1.82, 2.24) is 10.9 Å². The third kappa shape index (κ3) is 4.69. The van der Waals surface area contributed by atoms with Gasteiger partial charge in [0, 0.05) is 20.0 Å². The summed E-state index contributed by atoms with van der Waals surface area (Å²) >= 11 is 0. The number of ketones is 1. The van der Waals surface area contributed by atoms with E-state index in [2.05, 4.69) is 21.1 Å². The number of likely N-dealkylation sites (N-methyl/N-ethyl adjacent to an activating group) is 1. The van der Waals surface area contributed by atoms with Crippen molar-refractivity contribution in [3.05, 3.63) is 71.7 Å². The number of benzene rings is 2. The first-order chi connectivity index (χ1) is 14.4. The first-order valence-electron chi connectivity index (χ1n) is 9.01. The zero-order valence-corrected chi connectivity index (χ0v) is 16.6. The molecule has 30 heavy (non-hydrogen) atoms. The van der Waals surface area contributed by atoms with Crippen LogP contribution in [-0.4, -0.2) is 30.4 Å². The van der Waals surface area contributed by atoms with E-state index in [4.69, 9.17) is 4.74 Å². The summed E-state index contributed by atoms with van der Waals surface area (Å²) in [7, 11) is 1.50. The van der Waals surface area contributed by atoms with Crippen LogP contribution in [0, 0.1) is 12.7 Å². The van der Waals surface area contributed by atoms with Gasteiger partial charge < -0.3 is 9.64 Å². The molecule has 1 aliphatic rings. The molecular formula is C21H20FN5O3. The van der Waals surface area contributed by atoms with Crippen LogP contribution in [0.1, 0.15) is 18.1 Å². The van der Waals surface area contributed by atoms with E-state index < -0.39 is 11.7 Å². The molecule has 2 aromatic rings. The summed E-state index contributed by atoms with van der Waals surface area (Å²) in [5.74, 6) is -0.757. The van der Waals surface area contributed by atoms with E-state index in [1.807, 2.05) is 19.1 Å². The molecule has 1 heterocycles. The molecule has 8 nitrogen and oxygen atoms in total. The molecule has 0 aliphatic carbocycles. The highest BCUT2D eigenvalue weighted by Gasteiger charge is 2.22. The molecule has 1 aliphatic heterocycles. The third-order valence-corrected chi connectivity index (χ3v) is 4.24. The second-order valence-corrected chi connectivity index (χ2v) is 6.47. The fourth-order valence-corrected chi connectivity index (χ4v) is 2.58. The standard InChI is InChI=1S/C21H20FN5O3/c1-13-7-9-15(10-8-13)30-12-11-18(29)27(3)17-6-4-5-16(22)19(17)21-25-23-20(14(2)28)24-26-21/h4-12H,1-3H3,(H,23,24)(H,25,26)/b12-11+. The zero-order chi connectivity index (χ0) is 21.7. The predicted octanol–water partition coefficient (Wildman–Crippen LogP) is 2.45. The lowest BCUT2D eigenvalue weighted by atomic mass is 10.1. The molecule has 1 amide bonds. The van der Waals surface area contributed by atoms with Crippen LogP contribution in [-0.2, 0) is 9.59 Å². The van der Waals surface area contributed by atoms with Crippen molar-refractivity contribution < 1.29 is 18.7 Å². The van der Waals surface area contributed by atoms with Gasteiger partial charge in [0.05, 0.1) is 17.5 Å². The molecule has 0 radical (unpaired) electrons. The molecule has 0 aromatic heterocycles. The summed E-state index contributed by atoms with van der Waals surface area (Å²) in [6, 6.07) is 11.6. The summed E-state index contributed by atoms with van der Waals surface area (Å²) in [6.07, 6.45) is 2.50. The summed E-state index contributed by atoms with van der Waals surface area (Å²) < 4.78 is 20.0. The van der Waals surface area contributed by atoms with Crippen molar-refractivity contribution in [1.29, 1.82) is 0 Å². The van der Waals surface area contributed by atoms with Crippen LogP contribution in [0.2, 0.25) is 0 Å². The summed E-state index contributed by atoms with van der Waals surface area (Å²) in [5, 5.41) is 7.79. The maximum absolute atomic E-state index is 14.6. The SMILES string of the molecule is CC(=O)C1=NNC(c2c(F)cccc2N(C)C(=O)/C=C/Oc2ccc(C)cc2)=NN1. The monoisotopic (exact) mass is 409 g/mol. The highest BCUT2D eigenvalue weighted by molar-refractivity contribution is 6.38. The maximum Gasteiger partial charge on any atom is 0.253 e. The quantitative estimate of drug-likeness (QED) is 0.565. The lowest BCUT2D eigenvalue weighted by Gasteiger charge is -2.21. The van der Waals surface area contributed by atoms with Crippen LogP contribution in [0.4, 0.5) is 10.1 Å². The molecule has 154 valence electrons. The number of hydrogen-bond acceptors (Lipinski definition) is 7. The van der Waals surface area contributed by atoms with Crippen LogP contribution < -0.4 is 20.5 Å². The Bertz CT molecular complexity index is 1060. The topological polar surface area (TPSA) is 95.4 Å². The molecule has 2 N–H and O–H groups in total. The Balaban J connectivity index is 1.77. The Kier molecular flexibility index (Phi) is 6.21. The van der Waals surface area contributed by atoms with Crippen molar-refractivity contribution in [2.45, 2.75) is 13.8 Å². The van der Waals surface area contributed by atoms with E-state index in [1.54, 1.807) is 18.2 Å². The number of carbonyl (C=O) groups excluding carboxylic acids is 2. The van der Waals surface area contributed by atoms with Gasteiger partial charge in [0.1, 0.15) is 11.6 Å². The number of anilines is 1. The third-order valence-electron chi connectivity index (χ3n) is 4.24. The number of carbonyl (C=O) groups is 2. The van der Waals surface area contributed by atoms with Crippen LogP contribution in [0.5, 0.6) is 5.75 Å². The van der Waals surface area contributed by atoms with Crippen LogP contribution >= 0.6 is 0 Å². The minimum atomic E-state index is -0.610. The van der Waals surface area contributed by atoms with Crippen LogP contribution in [0.15, 0.2) is 65.0 Å².